The van der Waals surface area contributed by atoms with Gasteiger partial charge in [0, 0.05) is 43.1 Å². The Morgan fingerprint density at radius 2 is 2.06 bits per heavy atom. The van der Waals surface area contributed by atoms with Crippen LogP contribution in [0.3, 0.4) is 0 Å². The summed E-state index contributed by atoms with van der Waals surface area (Å²) in [4.78, 5) is 11.6. The number of hydrogen-bond donors (Lipinski definition) is 1. The van der Waals surface area contributed by atoms with Crippen molar-refractivity contribution in [3.8, 4) is 0 Å². The SMILES string of the molecule is CCNc1cc(N2CCSCC2)nc(C(C)C)n1. The topological polar surface area (TPSA) is 41.0 Å². The third-order valence-electron chi connectivity index (χ3n) is 2.94. The molecule has 1 aromatic rings. The van der Waals surface area contributed by atoms with Crippen molar-refractivity contribution in [2.75, 3.05) is 41.4 Å². The largest absolute Gasteiger partial charge is 0.370 e. The molecule has 1 aliphatic rings. The smallest absolute Gasteiger partial charge is 0.135 e. The molecule has 0 atom stereocenters. The molecule has 18 heavy (non-hydrogen) atoms. The lowest BCUT2D eigenvalue weighted by Crippen LogP contribution is -2.33. The van der Waals surface area contributed by atoms with Crippen LogP contribution in [0.15, 0.2) is 6.07 Å². The number of nitrogens with one attached hydrogen (secondary N) is 1. The van der Waals surface area contributed by atoms with Gasteiger partial charge in [-0.1, -0.05) is 13.8 Å². The molecule has 0 spiro atoms. The van der Waals surface area contributed by atoms with Crippen molar-refractivity contribution < 1.29 is 0 Å². The number of aromatic nitrogens is 2. The molecule has 0 radical (unpaired) electrons. The van der Waals surface area contributed by atoms with Crippen LogP contribution < -0.4 is 10.2 Å². The Morgan fingerprint density at radius 3 is 2.67 bits per heavy atom. The van der Waals surface area contributed by atoms with Gasteiger partial charge in [0.25, 0.3) is 0 Å². The van der Waals surface area contributed by atoms with Gasteiger partial charge in [-0.2, -0.15) is 11.8 Å². The van der Waals surface area contributed by atoms with E-state index in [2.05, 4.69) is 42.0 Å². The zero-order valence-electron chi connectivity index (χ0n) is 11.4. The molecule has 0 aliphatic carbocycles. The summed E-state index contributed by atoms with van der Waals surface area (Å²) < 4.78 is 0. The van der Waals surface area contributed by atoms with E-state index in [0.29, 0.717) is 5.92 Å². The minimum Gasteiger partial charge on any atom is -0.370 e. The van der Waals surface area contributed by atoms with Crippen molar-refractivity contribution in [1.82, 2.24) is 9.97 Å². The summed E-state index contributed by atoms with van der Waals surface area (Å²) in [6, 6.07) is 2.07. The first-order valence-corrected chi connectivity index (χ1v) is 7.81. The van der Waals surface area contributed by atoms with E-state index in [1.54, 1.807) is 0 Å². The van der Waals surface area contributed by atoms with Gasteiger partial charge in [-0.25, -0.2) is 9.97 Å². The average molecular weight is 266 g/mol. The van der Waals surface area contributed by atoms with E-state index in [1.807, 2.05) is 11.8 Å². The van der Waals surface area contributed by atoms with Crippen LogP contribution in [0.5, 0.6) is 0 Å². The lowest BCUT2D eigenvalue weighted by atomic mass is 10.2. The number of rotatable bonds is 4. The third-order valence-corrected chi connectivity index (χ3v) is 3.88. The predicted molar refractivity (Wildman–Crippen MR) is 79.8 cm³/mol. The number of thioether (sulfide) groups is 1. The Hall–Kier alpha value is -0.970. The summed E-state index contributed by atoms with van der Waals surface area (Å²) in [5.74, 6) is 5.70. The van der Waals surface area contributed by atoms with E-state index in [-0.39, 0.29) is 0 Å². The lowest BCUT2D eigenvalue weighted by Gasteiger charge is -2.28. The molecule has 0 bridgehead atoms. The average Bonchev–Trinajstić information content (AvgIpc) is 2.40. The summed E-state index contributed by atoms with van der Waals surface area (Å²) in [5.41, 5.74) is 0. The summed E-state index contributed by atoms with van der Waals surface area (Å²) >= 11 is 2.02. The van der Waals surface area contributed by atoms with Crippen LogP contribution in [0.1, 0.15) is 32.5 Å². The minimum atomic E-state index is 0.363. The van der Waals surface area contributed by atoms with E-state index >= 15 is 0 Å². The van der Waals surface area contributed by atoms with Crippen LogP contribution in [0.25, 0.3) is 0 Å². The quantitative estimate of drug-likeness (QED) is 0.907. The maximum Gasteiger partial charge on any atom is 0.135 e. The molecule has 100 valence electrons. The Morgan fingerprint density at radius 1 is 1.33 bits per heavy atom. The molecule has 2 rings (SSSR count). The van der Waals surface area contributed by atoms with Gasteiger partial charge in [0.2, 0.25) is 0 Å². The second-order valence-electron chi connectivity index (χ2n) is 4.75. The maximum absolute atomic E-state index is 4.70. The molecule has 1 saturated heterocycles. The number of nitrogens with zero attached hydrogens (tertiary/aromatic N) is 3. The van der Waals surface area contributed by atoms with E-state index in [4.69, 9.17) is 4.98 Å². The highest BCUT2D eigenvalue weighted by Gasteiger charge is 2.15. The first-order chi connectivity index (χ1) is 8.70. The molecule has 0 saturated carbocycles. The fourth-order valence-corrected chi connectivity index (χ4v) is 2.84. The fraction of sp³-hybridized carbons (Fsp3) is 0.692. The van der Waals surface area contributed by atoms with E-state index in [1.165, 1.54) is 11.5 Å². The van der Waals surface area contributed by atoms with Gasteiger partial charge >= 0.3 is 0 Å². The Bertz CT molecular complexity index is 389. The van der Waals surface area contributed by atoms with Crippen molar-refractivity contribution in [2.45, 2.75) is 26.7 Å². The molecule has 1 fully saturated rings. The molecular weight excluding hydrogens is 244 g/mol. The van der Waals surface area contributed by atoms with E-state index in [0.717, 1.165) is 37.1 Å². The molecule has 1 aliphatic heterocycles. The molecule has 2 heterocycles. The maximum atomic E-state index is 4.70. The van der Waals surface area contributed by atoms with Crippen LogP contribution >= 0.6 is 11.8 Å². The van der Waals surface area contributed by atoms with Crippen molar-refractivity contribution in [2.24, 2.45) is 0 Å². The zero-order chi connectivity index (χ0) is 13.0. The fourth-order valence-electron chi connectivity index (χ4n) is 1.94. The van der Waals surface area contributed by atoms with Crippen molar-refractivity contribution in [1.29, 1.82) is 0 Å². The highest BCUT2D eigenvalue weighted by molar-refractivity contribution is 7.99. The Balaban J connectivity index is 2.26. The summed E-state index contributed by atoms with van der Waals surface area (Å²) in [5, 5.41) is 3.30. The van der Waals surface area contributed by atoms with Gasteiger partial charge in [-0.05, 0) is 6.92 Å². The van der Waals surface area contributed by atoms with Gasteiger partial charge in [-0.3, -0.25) is 0 Å². The first-order valence-electron chi connectivity index (χ1n) is 6.66. The normalized spacial score (nSPS) is 16.1. The molecular formula is C13H22N4S. The lowest BCUT2D eigenvalue weighted by molar-refractivity contribution is 0.755. The van der Waals surface area contributed by atoms with E-state index in [9.17, 15) is 0 Å². The molecule has 0 amide bonds. The monoisotopic (exact) mass is 266 g/mol. The predicted octanol–water partition coefficient (Wildman–Crippen LogP) is 2.59. The molecule has 1 aromatic heterocycles. The van der Waals surface area contributed by atoms with Gasteiger partial charge < -0.3 is 10.2 Å². The van der Waals surface area contributed by atoms with Crippen molar-refractivity contribution in [3.63, 3.8) is 0 Å². The minimum absolute atomic E-state index is 0.363. The Labute approximate surface area is 114 Å². The standard InChI is InChI=1S/C13H22N4S/c1-4-14-11-9-12(16-13(15-11)10(2)3)17-5-7-18-8-6-17/h9-10H,4-8H2,1-3H3,(H,14,15,16). The number of hydrogen-bond acceptors (Lipinski definition) is 5. The zero-order valence-corrected chi connectivity index (χ0v) is 12.3. The van der Waals surface area contributed by atoms with Crippen LogP contribution in [0, 0.1) is 0 Å². The molecule has 4 nitrogen and oxygen atoms in total. The van der Waals surface area contributed by atoms with Gasteiger partial charge in [0.1, 0.15) is 17.5 Å². The summed E-state index contributed by atoms with van der Waals surface area (Å²) in [6.07, 6.45) is 0. The summed E-state index contributed by atoms with van der Waals surface area (Å²) in [7, 11) is 0. The third kappa shape index (κ3) is 3.28. The van der Waals surface area contributed by atoms with Crippen molar-refractivity contribution >= 4 is 23.4 Å². The van der Waals surface area contributed by atoms with Crippen LogP contribution in [-0.2, 0) is 0 Å². The number of anilines is 2. The van der Waals surface area contributed by atoms with Crippen LogP contribution in [0.4, 0.5) is 11.6 Å². The molecule has 0 unspecified atom stereocenters. The highest BCUT2D eigenvalue weighted by atomic mass is 32.2. The van der Waals surface area contributed by atoms with Crippen molar-refractivity contribution in [3.05, 3.63) is 11.9 Å². The van der Waals surface area contributed by atoms with Gasteiger partial charge in [0.15, 0.2) is 0 Å². The van der Waals surface area contributed by atoms with Crippen LogP contribution in [0.2, 0.25) is 0 Å². The second kappa shape index (κ2) is 6.27. The highest BCUT2D eigenvalue weighted by Crippen LogP contribution is 2.22. The molecule has 1 N–H and O–H groups in total. The van der Waals surface area contributed by atoms with Crippen LogP contribution in [-0.4, -0.2) is 41.1 Å². The van der Waals surface area contributed by atoms with Gasteiger partial charge in [0.05, 0.1) is 0 Å². The van der Waals surface area contributed by atoms with E-state index < -0.39 is 0 Å². The Kier molecular flexibility index (Phi) is 4.69. The summed E-state index contributed by atoms with van der Waals surface area (Å²) in [6.45, 7) is 9.44. The molecule has 0 aromatic carbocycles. The molecule has 5 heteroatoms. The van der Waals surface area contributed by atoms with Gasteiger partial charge in [-0.15, -0.1) is 0 Å². The first kappa shape index (κ1) is 13.5. The second-order valence-corrected chi connectivity index (χ2v) is 5.98.